The van der Waals surface area contributed by atoms with Crippen molar-refractivity contribution in [2.24, 2.45) is 0 Å². The van der Waals surface area contributed by atoms with E-state index in [1.54, 1.807) is 23.9 Å². The summed E-state index contributed by atoms with van der Waals surface area (Å²) in [7, 11) is 0. The molecule has 2 aromatic carbocycles. The Bertz CT molecular complexity index is 756. The van der Waals surface area contributed by atoms with Gasteiger partial charge < -0.3 is 10.6 Å². The van der Waals surface area contributed by atoms with Crippen molar-refractivity contribution in [1.82, 2.24) is 10.6 Å². The highest BCUT2D eigenvalue weighted by Crippen LogP contribution is 2.22. The highest BCUT2D eigenvalue weighted by molar-refractivity contribution is 7.98. The van der Waals surface area contributed by atoms with Crippen LogP contribution in [0.1, 0.15) is 22.3 Å². The lowest BCUT2D eigenvalue weighted by molar-refractivity contribution is -0.123. The van der Waals surface area contributed by atoms with Crippen molar-refractivity contribution in [2.75, 3.05) is 12.0 Å². The molecule has 0 aliphatic carbocycles. The largest absolute Gasteiger partial charge is 0.350 e. The fraction of sp³-hybridized carbons (Fsp3) is 0.263. The van der Waals surface area contributed by atoms with Gasteiger partial charge in [0.15, 0.2) is 0 Å². The summed E-state index contributed by atoms with van der Waals surface area (Å²) in [6.45, 7) is 0.415. The Hall–Kier alpha value is -1.69. The maximum atomic E-state index is 12.5. The number of thioether (sulfide) groups is 1. The number of hydrogen-bond donors (Lipinski definition) is 2. The van der Waals surface area contributed by atoms with Gasteiger partial charge in [-0.15, -0.1) is 0 Å². The summed E-state index contributed by atoms with van der Waals surface area (Å²) in [5.41, 5.74) is 1.37. The van der Waals surface area contributed by atoms with E-state index in [0.717, 1.165) is 11.3 Å². The first-order valence-electron chi connectivity index (χ1n) is 8.07. The summed E-state index contributed by atoms with van der Waals surface area (Å²) >= 11 is 13.5. The van der Waals surface area contributed by atoms with Crippen LogP contribution in [0.5, 0.6) is 0 Å². The zero-order valence-corrected chi connectivity index (χ0v) is 16.6. The van der Waals surface area contributed by atoms with Crippen molar-refractivity contribution in [3.05, 3.63) is 69.7 Å². The normalized spacial score (nSPS) is 11.7. The van der Waals surface area contributed by atoms with Crippen molar-refractivity contribution in [2.45, 2.75) is 19.0 Å². The van der Waals surface area contributed by atoms with E-state index in [4.69, 9.17) is 23.2 Å². The van der Waals surface area contributed by atoms with Crippen LogP contribution in [0.25, 0.3) is 0 Å². The Balaban J connectivity index is 2.01. The first-order chi connectivity index (χ1) is 12.5. The molecule has 0 fully saturated rings. The minimum absolute atomic E-state index is 0.212. The third-order valence-electron chi connectivity index (χ3n) is 3.72. The number of carbonyl (C=O) groups is 2. The number of benzene rings is 2. The molecule has 0 saturated heterocycles. The molecule has 1 atom stereocenters. The van der Waals surface area contributed by atoms with E-state index < -0.39 is 6.04 Å². The molecular formula is C19H20Cl2N2O2S. The molecule has 0 bridgehead atoms. The SMILES string of the molecule is CSCC[C@H](NC(=O)c1ccc(Cl)c(Cl)c1)C(=O)NCc1ccccc1. The number of nitrogens with one attached hydrogen (secondary N) is 2. The van der Waals surface area contributed by atoms with Gasteiger partial charge in [0.2, 0.25) is 5.91 Å². The van der Waals surface area contributed by atoms with Crippen LogP contribution in [0, 0.1) is 0 Å². The van der Waals surface area contributed by atoms with Crippen molar-refractivity contribution >= 4 is 46.8 Å². The quantitative estimate of drug-likeness (QED) is 0.686. The van der Waals surface area contributed by atoms with Gasteiger partial charge in [-0.3, -0.25) is 9.59 Å². The maximum Gasteiger partial charge on any atom is 0.251 e. The van der Waals surface area contributed by atoms with Gasteiger partial charge in [0.1, 0.15) is 6.04 Å². The zero-order valence-electron chi connectivity index (χ0n) is 14.3. The average molecular weight is 411 g/mol. The Morgan fingerprint density at radius 1 is 1.08 bits per heavy atom. The molecule has 0 heterocycles. The molecule has 2 rings (SSSR count). The number of amides is 2. The van der Waals surface area contributed by atoms with Gasteiger partial charge in [0.05, 0.1) is 10.0 Å². The number of halogens is 2. The third-order valence-corrected chi connectivity index (χ3v) is 5.11. The van der Waals surface area contributed by atoms with Gasteiger partial charge in [0, 0.05) is 12.1 Å². The third kappa shape index (κ3) is 6.24. The second-order valence-electron chi connectivity index (χ2n) is 5.64. The first kappa shape index (κ1) is 20.6. The topological polar surface area (TPSA) is 58.2 Å². The smallest absolute Gasteiger partial charge is 0.251 e. The molecule has 0 radical (unpaired) electrons. The molecule has 2 aromatic rings. The van der Waals surface area contributed by atoms with E-state index in [0.29, 0.717) is 28.6 Å². The lowest BCUT2D eigenvalue weighted by atomic mass is 10.1. The van der Waals surface area contributed by atoms with Crippen LogP contribution in [0.15, 0.2) is 48.5 Å². The second-order valence-corrected chi connectivity index (χ2v) is 7.44. The van der Waals surface area contributed by atoms with E-state index >= 15 is 0 Å². The molecule has 0 aliphatic rings. The predicted octanol–water partition coefficient (Wildman–Crippen LogP) is 4.16. The Morgan fingerprint density at radius 2 is 1.81 bits per heavy atom. The number of rotatable bonds is 8. The molecule has 2 amide bonds. The monoisotopic (exact) mass is 410 g/mol. The summed E-state index contributed by atoms with van der Waals surface area (Å²) in [5, 5.41) is 6.34. The van der Waals surface area contributed by atoms with Gasteiger partial charge >= 0.3 is 0 Å². The highest BCUT2D eigenvalue weighted by atomic mass is 35.5. The van der Waals surface area contributed by atoms with Crippen LogP contribution in [0.4, 0.5) is 0 Å². The van der Waals surface area contributed by atoms with Crippen LogP contribution < -0.4 is 10.6 Å². The Kier molecular flexibility index (Phi) is 8.29. The predicted molar refractivity (Wildman–Crippen MR) is 109 cm³/mol. The maximum absolute atomic E-state index is 12.5. The number of hydrogen-bond acceptors (Lipinski definition) is 3. The van der Waals surface area contributed by atoms with Gasteiger partial charge in [-0.2, -0.15) is 11.8 Å². The van der Waals surface area contributed by atoms with Gasteiger partial charge in [-0.1, -0.05) is 53.5 Å². The Morgan fingerprint density at radius 3 is 2.46 bits per heavy atom. The number of carbonyl (C=O) groups excluding carboxylic acids is 2. The molecule has 7 heteroatoms. The summed E-state index contributed by atoms with van der Waals surface area (Å²) in [6, 6.07) is 13.6. The highest BCUT2D eigenvalue weighted by Gasteiger charge is 2.21. The van der Waals surface area contributed by atoms with E-state index in [1.807, 2.05) is 36.6 Å². The van der Waals surface area contributed by atoms with Gasteiger partial charge in [-0.05, 0) is 42.2 Å². The zero-order chi connectivity index (χ0) is 18.9. The first-order valence-corrected chi connectivity index (χ1v) is 10.2. The van der Waals surface area contributed by atoms with Crippen molar-refractivity contribution in [1.29, 1.82) is 0 Å². The second kappa shape index (κ2) is 10.5. The molecule has 4 nitrogen and oxygen atoms in total. The molecule has 0 aromatic heterocycles. The van der Waals surface area contributed by atoms with E-state index in [9.17, 15) is 9.59 Å². The summed E-state index contributed by atoms with van der Waals surface area (Å²) < 4.78 is 0. The summed E-state index contributed by atoms with van der Waals surface area (Å²) in [4.78, 5) is 25.0. The molecule has 0 unspecified atom stereocenters. The van der Waals surface area contributed by atoms with E-state index in [1.165, 1.54) is 6.07 Å². The standard InChI is InChI=1S/C19H20Cl2N2O2S/c1-26-10-9-17(19(25)22-12-13-5-3-2-4-6-13)23-18(24)14-7-8-15(20)16(21)11-14/h2-8,11,17H,9-10,12H2,1H3,(H,22,25)(H,23,24)/t17-/m0/s1. The van der Waals surface area contributed by atoms with Crippen LogP contribution in [-0.4, -0.2) is 29.9 Å². The van der Waals surface area contributed by atoms with Crippen LogP contribution >= 0.6 is 35.0 Å². The average Bonchev–Trinajstić information content (AvgIpc) is 2.66. The molecule has 138 valence electrons. The fourth-order valence-corrected chi connectivity index (χ4v) is 3.06. The molecule has 0 saturated carbocycles. The van der Waals surface area contributed by atoms with Crippen molar-refractivity contribution < 1.29 is 9.59 Å². The Labute approximate surface area is 167 Å². The minimum atomic E-state index is -0.617. The minimum Gasteiger partial charge on any atom is -0.350 e. The molecule has 0 aliphatic heterocycles. The van der Waals surface area contributed by atoms with Gasteiger partial charge in [0.25, 0.3) is 5.91 Å². The molecule has 26 heavy (non-hydrogen) atoms. The lowest BCUT2D eigenvalue weighted by Gasteiger charge is -2.18. The summed E-state index contributed by atoms with van der Waals surface area (Å²) in [6.07, 6.45) is 2.49. The fourth-order valence-electron chi connectivity index (χ4n) is 2.29. The van der Waals surface area contributed by atoms with Crippen LogP contribution in [0.2, 0.25) is 10.0 Å². The van der Waals surface area contributed by atoms with E-state index in [-0.39, 0.29) is 11.8 Å². The van der Waals surface area contributed by atoms with Crippen LogP contribution in [0.3, 0.4) is 0 Å². The van der Waals surface area contributed by atoms with Crippen LogP contribution in [-0.2, 0) is 11.3 Å². The van der Waals surface area contributed by atoms with E-state index in [2.05, 4.69) is 10.6 Å². The molecule has 0 spiro atoms. The molecular weight excluding hydrogens is 391 g/mol. The van der Waals surface area contributed by atoms with Crippen molar-refractivity contribution in [3.8, 4) is 0 Å². The summed E-state index contributed by atoms with van der Waals surface area (Å²) in [5.74, 6) is 0.186. The van der Waals surface area contributed by atoms with Crippen molar-refractivity contribution in [3.63, 3.8) is 0 Å². The van der Waals surface area contributed by atoms with Gasteiger partial charge in [-0.25, -0.2) is 0 Å². The molecule has 2 N–H and O–H groups in total. The lowest BCUT2D eigenvalue weighted by Crippen LogP contribution is -2.46.